The molecule has 1 aromatic heterocycles. The summed E-state index contributed by atoms with van der Waals surface area (Å²) >= 11 is 0. The molecule has 0 aliphatic carbocycles. The molecule has 2 amide bonds. The van der Waals surface area contributed by atoms with E-state index in [1.807, 2.05) is 66.7 Å². The average molecular weight is 453 g/mol. The lowest BCUT2D eigenvalue weighted by Gasteiger charge is -2.33. The Morgan fingerprint density at radius 3 is 2.44 bits per heavy atom. The molecule has 1 aliphatic heterocycles. The maximum absolute atomic E-state index is 13.4. The molecule has 3 aromatic carbocycles. The van der Waals surface area contributed by atoms with E-state index in [1.165, 1.54) is 4.90 Å². The molecule has 0 saturated carbocycles. The van der Waals surface area contributed by atoms with E-state index < -0.39 is 6.10 Å². The molecule has 5 rings (SSSR count). The van der Waals surface area contributed by atoms with Crippen LogP contribution in [-0.4, -0.2) is 36.2 Å². The minimum absolute atomic E-state index is 0.0700. The summed E-state index contributed by atoms with van der Waals surface area (Å²) in [5, 5.41) is 6.91. The number of amides is 2. The van der Waals surface area contributed by atoms with E-state index in [-0.39, 0.29) is 24.1 Å². The molecule has 7 nitrogen and oxygen atoms in total. The van der Waals surface area contributed by atoms with Crippen LogP contribution >= 0.6 is 0 Å². The summed E-state index contributed by atoms with van der Waals surface area (Å²) in [7, 11) is 0. The highest BCUT2D eigenvalue weighted by molar-refractivity contribution is 6.07. The fourth-order valence-corrected chi connectivity index (χ4v) is 3.90. The van der Waals surface area contributed by atoms with Crippen LogP contribution in [0.25, 0.3) is 11.3 Å². The van der Waals surface area contributed by atoms with Crippen molar-refractivity contribution >= 4 is 17.5 Å². The summed E-state index contributed by atoms with van der Waals surface area (Å²) in [4.78, 5) is 27.8. The largest absolute Gasteiger partial charge is 0.477 e. The number of nitrogens with zero attached hydrogens (tertiary/aromatic N) is 2. The van der Waals surface area contributed by atoms with Crippen molar-refractivity contribution in [3.63, 3.8) is 0 Å². The molecular weight excluding hydrogens is 430 g/mol. The second-order valence-corrected chi connectivity index (χ2v) is 7.96. The number of rotatable bonds is 6. The number of para-hydroxylation sites is 2. The number of carbonyl (C=O) groups is 2. The van der Waals surface area contributed by atoms with Gasteiger partial charge in [0.1, 0.15) is 5.75 Å². The van der Waals surface area contributed by atoms with Crippen LogP contribution in [0.3, 0.4) is 0 Å². The van der Waals surface area contributed by atoms with E-state index in [4.69, 9.17) is 9.26 Å². The van der Waals surface area contributed by atoms with Crippen LogP contribution < -0.4 is 15.0 Å². The summed E-state index contributed by atoms with van der Waals surface area (Å²) in [5.74, 6) is 0.343. The van der Waals surface area contributed by atoms with E-state index in [1.54, 1.807) is 24.3 Å². The zero-order valence-electron chi connectivity index (χ0n) is 18.4. The normalized spacial score (nSPS) is 14.7. The maximum atomic E-state index is 13.4. The first-order valence-corrected chi connectivity index (χ1v) is 11.1. The molecule has 170 valence electrons. The van der Waals surface area contributed by atoms with Crippen LogP contribution in [0.4, 0.5) is 5.69 Å². The van der Waals surface area contributed by atoms with Crippen LogP contribution in [-0.2, 0) is 11.2 Å². The molecular formula is C27H23N3O4. The first-order chi connectivity index (χ1) is 16.7. The molecule has 0 radical (unpaired) electrons. The molecule has 0 saturated heterocycles. The Balaban J connectivity index is 1.32. The zero-order chi connectivity index (χ0) is 23.3. The summed E-state index contributed by atoms with van der Waals surface area (Å²) in [5.41, 5.74) is 2.71. The summed E-state index contributed by atoms with van der Waals surface area (Å²) in [6.07, 6.45) is -0.130. The molecule has 1 atom stereocenters. The van der Waals surface area contributed by atoms with Crippen LogP contribution in [0.15, 0.2) is 95.5 Å². The highest BCUT2D eigenvalue weighted by atomic mass is 16.5. The van der Waals surface area contributed by atoms with Crippen molar-refractivity contribution in [1.29, 1.82) is 0 Å². The highest BCUT2D eigenvalue weighted by Gasteiger charge is 2.35. The van der Waals surface area contributed by atoms with E-state index in [0.29, 0.717) is 30.2 Å². The molecule has 4 aromatic rings. The van der Waals surface area contributed by atoms with Crippen LogP contribution in [0, 0.1) is 0 Å². The molecule has 34 heavy (non-hydrogen) atoms. The van der Waals surface area contributed by atoms with Gasteiger partial charge in [-0.1, -0.05) is 78.0 Å². The van der Waals surface area contributed by atoms with E-state index in [9.17, 15) is 9.59 Å². The number of anilines is 1. The van der Waals surface area contributed by atoms with E-state index >= 15 is 0 Å². The third-order valence-corrected chi connectivity index (χ3v) is 5.65. The lowest BCUT2D eigenvalue weighted by molar-refractivity contribution is -0.127. The standard InChI is InChI=1S/C27H23N3O4/c31-26(28-16-15-19-9-3-1-4-10-19)25-18-30(22-13-7-8-14-23(22)33-25)27(32)21-17-24(34-29-21)20-11-5-2-6-12-20/h1-14,17,25H,15-16,18H2,(H,28,31)/t25-/m1/s1. The van der Waals surface area contributed by atoms with Crippen molar-refractivity contribution in [3.05, 3.63) is 102 Å². The highest BCUT2D eigenvalue weighted by Crippen LogP contribution is 2.34. The van der Waals surface area contributed by atoms with Gasteiger partial charge >= 0.3 is 0 Å². The smallest absolute Gasteiger partial charge is 0.280 e. The van der Waals surface area contributed by atoms with Crippen LogP contribution in [0.1, 0.15) is 16.1 Å². The van der Waals surface area contributed by atoms with Crippen molar-refractivity contribution in [2.24, 2.45) is 0 Å². The number of aromatic nitrogens is 1. The molecule has 7 heteroatoms. The second-order valence-electron chi connectivity index (χ2n) is 7.96. The van der Waals surface area contributed by atoms with Gasteiger partial charge in [0.25, 0.3) is 11.8 Å². The first-order valence-electron chi connectivity index (χ1n) is 11.1. The minimum atomic E-state index is -0.838. The average Bonchev–Trinajstić information content (AvgIpc) is 3.39. The maximum Gasteiger partial charge on any atom is 0.280 e. The molecule has 0 spiro atoms. The Morgan fingerprint density at radius 1 is 0.941 bits per heavy atom. The van der Waals surface area contributed by atoms with Crippen molar-refractivity contribution < 1.29 is 18.8 Å². The van der Waals surface area contributed by atoms with Gasteiger partial charge in [0, 0.05) is 18.2 Å². The zero-order valence-corrected chi connectivity index (χ0v) is 18.4. The van der Waals surface area contributed by atoms with Crippen molar-refractivity contribution in [2.75, 3.05) is 18.0 Å². The fraction of sp³-hybridized carbons (Fsp3) is 0.148. The van der Waals surface area contributed by atoms with Gasteiger partial charge in [0.05, 0.1) is 12.2 Å². The molecule has 2 heterocycles. The lowest BCUT2D eigenvalue weighted by Crippen LogP contribution is -2.51. The fourth-order valence-electron chi connectivity index (χ4n) is 3.90. The van der Waals surface area contributed by atoms with Crippen LogP contribution in [0.5, 0.6) is 5.75 Å². The predicted octanol–water partition coefficient (Wildman–Crippen LogP) is 4.11. The quantitative estimate of drug-likeness (QED) is 0.475. The summed E-state index contributed by atoms with van der Waals surface area (Å²) < 4.78 is 11.3. The van der Waals surface area contributed by atoms with Gasteiger partial charge in [-0.3, -0.25) is 14.5 Å². The van der Waals surface area contributed by atoms with Crippen molar-refractivity contribution in [3.8, 4) is 17.1 Å². The molecule has 0 bridgehead atoms. The van der Waals surface area contributed by atoms with Crippen molar-refractivity contribution in [2.45, 2.75) is 12.5 Å². The lowest BCUT2D eigenvalue weighted by atomic mass is 10.1. The molecule has 1 N–H and O–H groups in total. The number of benzene rings is 3. The van der Waals surface area contributed by atoms with Gasteiger partial charge in [0.15, 0.2) is 17.6 Å². The third kappa shape index (κ3) is 4.54. The Kier molecular flexibility index (Phi) is 6.07. The van der Waals surface area contributed by atoms with Gasteiger partial charge in [0.2, 0.25) is 0 Å². The predicted molar refractivity (Wildman–Crippen MR) is 128 cm³/mol. The Hall–Kier alpha value is -4.39. The number of fused-ring (bicyclic) bond motifs is 1. The number of carbonyl (C=O) groups excluding carboxylic acids is 2. The number of ether oxygens (including phenoxy) is 1. The SMILES string of the molecule is O=C(NCCc1ccccc1)[C@H]1CN(C(=O)c2cc(-c3ccccc3)on2)c2ccccc2O1. The van der Waals surface area contributed by atoms with E-state index in [0.717, 1.165) is 11.1 Å². The molecule has 1 aliphatic rings. The Labute approximate surface area is 196 Å². The first kappa shape index (κ1) is 21.5. The summed E-state index contributed by atoms with van der Waals surface area (Å²) in [6.45, 7) is 0.544. The Morgan fingerprint density at radius 2 is 1.65 bits per heavy atom. The Bertz CT molecular complexity index is 1290. The van der Waals surface area contributed by atoms with Gasteiger partial charge < -0.3 is 14.6 Å². The molecule has 0 fully saturated rings. The molecule has 0 unspecified atom stereocenters. The van der Waals surface area contributed by atoms with Gasteiger partial charge in [-0.25, -0.2) is 0 Å². The number of hydrogen-bond donors (Lipinski definition) is 1. The van der Waals surface area contributed by atoms with Gasteiger partial charge in [-0.05, 0) is 24.1 Å². The minimum Gasteiger partial charge on any atom is -0.477 e. The number of hydrogen-bond acceptors (Lipinski definition) is 5. The number of nitrogens with one attached hydrogen (secondary N) is 1. The van der Waals surface area contributed by atoms with Gasteiger partial charge in [-0.2, -0.15) is 0 Å². The summed E-state index contributed by atoms with van der Waals surface area (Å²) in [6, 6.07) is 28.1. The monoisotopic (exact) mass is 453 g/mol. The second kappa shape index (κ2) is 9.62. The topological polar surface area (TPSA) is 84.7 Å². The van der Waals surface area contributed by atoms with Crippen molar-refractivity contribution in [1.82, 2.24) is 10.5 Å². The van der Waals surface area contributed by atoms with Crippen LogP contribution in [0.2, 0.25) is 0 Å². The third-order valence-electron chi connectivity index (χ3n) is 5.65. The van der Waals surface area contributed by atoms with E-state index in [2.05, 4.69) is 10.5 Å². The van der Waals surface area contributed by atoms with Gasteiger partial charge in [-0.15, -0.1) is 0 Å².